The Morgan fingerprint density at radius 2 is 2.33 bits per heavy atom. The first-order chi connectivity index (χ1) is 8.81. The van der Waals surface area contributed by atoms with Gasteiger partial charge in [-0.3, -0.25) is 9.88 Å². The highest BCUT2D eigenvalue weighted by Crippen LogP contribution is 2.20. The molecule has 1 unspecified atom stereocenters. The lowest BCUT2D eigenvalue weighted by molar-refractivity contribution is 0.141. The highest BCUT2D eigenvalue weighted by molar-refractivity contribution is 5.29. The third kappa shape index (κ3) is 3.65. The van der Waals surface area contributed by atoms with E-state index in [0.29, 0.717) is 12.5 Å². The maximum Gasteiger partial charge on any atom is 0.144 e. The highest BCUT2D eigenvalue weighted by atomic mass is 16.3. The third-order valence-corrected chi connectivity index (χ3v) is 3.49. The van der Waals surface area contributed by atoms with Crippen molar-refractivity contribution in [3.8, 4) is 0 Å². The number of aliphatic hydroxyl groups excluding tert-OH is 1. The van der Waals surface area contributed by atoms with E-state index in [1.165, 1.54) is 12.8 Å². The minimum absolute atomic E-state index is 0.301. The topological polar surface area (TPSA) is 61.3 Å². The molecule has 1 aromatic rings. The van der Waals surface area contributed by atoms with Crippen LogP contribution in [0.3, 0.4) is 0 Å². The molecule has 1 atom stereocenters. The van der Waals surface area contributed by atoms with Crippen LogP contribution in [0.25, 0.3) is 0 Å². The summed E-state index contributed by atoms with van der Waals surface area (Å²) in [6, 6.07) is 0. The van der Waals surface area contributed by atoms with Crippen molar-refractivity contribution >= 4 is 5.82 Å². The van der Waals surface area contributed by atoms with E-state index in [0.717, 1.165) is 37.6 Å². The van der Waals surface area contributed by atoms with Crippen LogP contribution < -0.4 is 5.32 Å². The average Bonchev–Trinajstić information content (AvgIpc) is 2.40. The first kappa shape index (κ1) is 13.2. The maximum absolute atomic E-state index is 9.00. The summed E-state index contributed by atoms with van der Waals surface area (Å²) in [6.07, 6.45) is 6.97. The van der Waals surface area contributed by atoms with Crippen molar-refractivity contribution in [3.05, 3.63) is 18.1 Å². The normalized spacial score (nSPS) is 20.9. The van der Waals surface area contributed by atoms with Crippen LogP contribution >= 0.6 is 0 Å². The lowest BCUT2D eigenvalue weighted by atomic mass is 9.95. The smallest absolute Gasteiger partial charge is 0.144 e. The van der Waals surface area contributed by atoms with Gasteiger partial charge in [-0.15, -0.1) is 0 Å². The molecule has 1 aliphatic heterocycles. The fourth-order valence-electron chi connectivity index (χ4n) is 2.51. The van der Waals surface area contributed by atoms with Gasteiger partial charge in [0.05, 0.1) is 18.1 Å². The average molecular weight is 250 g/mol. The molecule has 0 amide bonds. The summed E-state index contributed by atoms with van der Waals surface area (Å²) in [7, 11) is 1.84. The van der Waals surface area contributed by atoms with Gasteiger partial charge in [0.25, 0.3) is 0 Å². The summed E-state index contributed by atoms with van der Waals surface area (Å²) in [5, 5.41) is 12.0. The van der Waals surface area contributed by atoms with Crippen LogP contribution in [0.4, 0.5) is 5.82 Å². The Labute approximate surface area is 108 Å². The van der Waals surface area contributed by atoms with E-state index in [9.17, 15) is 0 Å². The Bertz CT molecular complexity index is 353. The van der Waals surface area contributed by atoms with E-state index >= 15 is 0 Å². The molecule has 1 aromatic heterocycles. The fourth-order valence-corrected chi connectivity index (χ4v) is 2.51. The van der Waals surface area contributed by atoms with Gasteiger partial charge < -0.3 is 10.4 Å². The van der Waals surface area contributed by atoms with Gasteiger partial charge in [0.15, 0.2) is 0 Å². The molecule has 1 fully saturated rings. The van der Waals surface area contributed by atoms with Crippen molar-refractivity contribution in [1.82, 2.24) is 14.9 Å². The van der Waals surface area contributed by atoms with Crippen LogP contribution in [0, 0.1) is 5.92 Å². The van der Waals surface area contributed by atoms with Gasteiger partial charge in [-0.05, 0) is 31.7 Å². The molecule has 0 aliphatic carbocycles. The molecule has 5 nitrogen and oxygen atoms in total. The van der Waals surface area contributed by atoms with E-state index in [2.05, 4.69) is 20.2 Å². The van der Waals surface area contributed by atoms with Crippen molar-refractivity contribution in [3.63, 3.8) is 0 Å². The Morgan fingerprint density at radius 3 is 3.00 bits per heavy atom. The van der Waals surface area contributed by atoms with Crippen molar-refractivity contribution in [1.29, 1.82) is 0 Å². The van der Waals surface area contributed by atoms with Crippen molar-refractivity contribution in [2.75, 3.05) is 32.1 Å². The van der Waals surface area contributed by atoms with Gasteiger partial charge in [0, 0.05) is 26.7 Å². The second-order valence-corrected chi connectivity index (χ2v) is 4.90. The van der Waals surface area contributed by atoms with Crippen molar-refractivity contribution in [2.45, 2.75) is 25.8 Å². The summed E-state index contributed by atoms with van der Waals surface area (Å²) < 4.78 is 0. The van der Waals surface area contributed by atoms with Crippen LogP contribution in [0.1, 0.15) is 25.0 Å². The molecule has 5 heteroatoms. The van der Waals surface area contributed by atoms with Gasteiger partial charge in [0.1, 0.15) is 5.82 Å². The predicted octanol–water partition coefficient (Wildman–Crippen LogP) is 1.11. The van der Waals surface area contributed by atoms with E-state index < -0.39 is 0 Å². The molecule has 18 heavy (non-hydrogen) atoms. The zero-order valence-corrected chi connectivity index (χ0v) is 11.0. The number of piperidine rings is 1. The third-order valence-electron chi connectivity index (χ3n) is 3.49. The largest absolute Gasteiger partial charge is 0.396 e. The Hall–Kier alpha value is -1.20. The lowest BCUT2D eigenvalue weighted by Crippen LogP contribution is -2.35. The minimum Gasteiger partial charge on any atom is -0.396 e. The second kappa shape index (κ2) is 6.66. The second-order valence-electron chi connectivity index (χ2n) is 4.90. The molecule has 1 saturated heterocycles. The SMILES string of the molecule is CNc1cnc(CN2CCCC(CCO)C2)cn1. The number of nitrogens with zero attached hydrogens (tertiary/aromatic N) is 3. The van der Waals surface area contributed by atoms with Gasteiger partial charge in [-0.1, -0.05) is 0 Å². The molecule has 0 aromatic carbocycles. The quantitative estimate of drug-likeness (QED) is 0.820. The molecule has 1 aliphatic rings. The summed E-state index contributed by atoms with van der Waals surface area (Å²) in [4.78, 5) is 11.1. The fraction of sp³-hybridized carbons (Fsp3) is 0.692. The molecule has 2 rings (SSSR count). The number of hydrogen-bond donors (Lipinski definition) is 2. The number of rotatable bonds is 5. The number of anilines is 1. The van der Waals surface area contributed by atoms with Crippen LogP contribution in [-0.2, 0) is 6.54 Å². The van der Waals surface area contributed by atoms with E-state index in [-0.39, 0.29) is 0 Å². The highest BCUT2D eigenvalue weighted by Gasteiger charge is 2.19. The Morgan fingerprint density at radius 1 is 1.44 bits per heavy atom. The standard InChI is InChI=1S/C13H22N4O/c1-14-13-8-15-12(7-16-13)10-17-5-2-3-11(9-17)4-6-18/h7-8,11,18H,2-6,9-10H2,1H3,(H,14,16). The summed E-state index contributed by atoms with van der Waals surface area (Å²) in [6.45, 7) is 3.35. The molecule has 2 N–H and O–H groups in total. The number of nitrogens with one attached hydrogen (secondary N) is 1. The van der Waals surface area contributed by atoms with Crippen LogP contribution in [0.5, 0.6) is 0 Å². The zero-order valence-electron chi connectivity index (χ0n) is 11.0. The summed E-state index contributed by atoms with van der Waals surface area (Å²) in [5.41, 5.74) is 1.01. The number of likely N-dealkylation sites (tertiary alicyclic amines) is 1. The van der Waals surface area contributed by atoms with E-state index in [1.54, 1.807) is 6.20 Å². The molecule has 100 valence electrons. The Kier molecular flexibility index (Phi) is 4.90. The number of aromatic nitrogens is 2. The number of aliphatic hydroxyl groups is 1. The summed E-state index contributed by atoms with van der Waals surface area (Å²) in [5.74, 6) is 1.43. The van der Waals surface area contributed by atoms with Gasteiger partial charge in [-0.25, -0.2) is 4.98 Å². The lowest BCUT2D eigenvalue weighted by Gasteiger charge is -2.32. The molecule has 0 saturated carbocycles. The first-order valence-corrected chi connectivity index (χ1v) is 6.63. The Balaban J connectivity index is 1.87. The van der Waals surface area contributed by atoms with Crippen LogP contribution in [-0.4, -0.2) is 46.7 Å². The van der Waals surface area contributed by atoms with Gasteiger partial charge in [0.2, 0.25) is 0 Å². The van der Waals surface area contributed by atoms with Crippen molar-refractivity contribution in [2.24, 2.45) is 5.92 Å². The molecular weight excluding hydrogens is 228 g/mol. The summed E-state index contributed by atoms with van der Waals surface area (Å²) >= 11 is 0. The predicted molar refractivity (Wildman–Crippen MR) is 71.3 cm³/mol. The zero-order chi connectivity index (χ0) is 12.8. The number of hydrogen-bond acceptors (Lipinski definition) is 5. The van der Waals surface area contributed by atoms with Crippen LogP contribution in [0.2, 0.25) is 0 Å². The molecule has 0 bridgehead atoms. The molecule has 0 spiro atoms. The minimum atomic E-state index is 0.301. The molecular formula is C13H22N4O. The first-order valence-electron chi connectivity index (χ1n) is 6.63. The van der Waals surface area contributed by atoms with E-state index in [4.69, 9.17) is 5.11 Å². The van der Waals surface area contributed by atoms with E-state index in [1.807, 2.05) is 13.2 Å². The van der Waals surface area contributed by atoms with Crippen molar-refractivity contribution < 1.29 is 5.11 Å². The maximum atomic E-state index is 9.00. The van der Waals surface area contributed by atoms with Gasteiger partial charge >= 0.3 is 0 Å². The molecule has 2 heterocycles. The van der Waals surface area contributed by atoms with Crippen LogP contribution in [0.15, 0.2) is 12.4 Å². The van der Waals surface area contributed by atoms with Gasteiger partial charge in [-0.2, -0.15) is 0 Å². The molecule has 0 radical (unpaired) electrons. The monoisotopic (exact) mass is 250 g/mol.